The highest BCUT2D eigenvalue weighted by Gasteiger charge is 2.28. The Morgan fingerprint density at radius 3 is 1.13 bits per heavy atom. The lowest BCUT2D eigenvalue weighted by molar-refractivity contribution is 0.166. The van der Waals surface area contributed by atoms with Crippen LogP contribution in [-0.2, 0) is 27.2 Å². The summed E-state index contributed by atoms with van der Waals surface area (Å²) >= 11 is 1.51. The molecule has 0 bridgehead atoms. The van der Waals surface area contributed by atoms with E-state index in [1.807, 2.05) is 24.3 Å². The van der Waals surface area contributed by atoms with Gasteiger partial charge in [-0.25, -0.2) is 9.13 Å². The van der Waals surface area contributed by atoms with Gasteiger partial charge in [-0.15, -0.1) is 0 Å². The second-order valence-corrected chi connectivity index (χ2v) is 10.1. The molecule has 0 atom stereocenters. The van der Waals surface area contributed by atoms with E-state index in [0.29, 0.717) is 11.5 Å². The van der Waals surface area contributed by atoms with E-state index in [2.05, 4.69) is 0 Å². The van der Waals surface area contributed by atoms with Crippen LogP contribution in [0.2, 0.25) is 0 Å². The molecule has 0 aliphatic rings. The number of rotatable bonds is 14. The molecule has 0 N–H and O–H groups in total. The summed E-state index contributed by atoms with van der Waals surface area (Å²) in [5, 5.41) is 0. The minimum Gasteiger partial charge on any atom is -0.404 e. The van der Waals surface area contributed by atoms with Crippen molar-refractivity contribution >= 4 is 27.4 Å². The Labute approximate surface area is 187 Å². The highest BCUT2D eigenvalue weighted by atomic mass is 32.2. The van der Waals surface area contributed by atoms with Crippen molar-refractivity contribution in [1.82, 2.24) is 0 Å². The van der Waals surface area contributed by atoms with E-state index in [9.17, 15) is 9.13 Å². The van der Waals surface area contributed by atoms with Crippen LogP contribution in [0.25, 0.3) is 0 Å². The van der Waals surface area contributed by atoms with Crippen LogP contribution >= 0.6 is 27.4 Å². The number of phosphoric acid groups is 2. The fourth-order valence-corrected chi connectivity index (χ4v) is 5.54. The van der Waals surface area contributed by atoms with Crippen LogP contribution < -0.4 is 9.05 Å². The Morgan fingerprint density at radius 1 is 0.581 bits per heavy atom. The third kappa shape index (κ3) is 8.62. The van der Waals surface area contributed by atoms with E-state index in [4.69, 9.17) is 27.1 Å². The molecule has 0 saturated carbocycles. The normalized spacial score (nSPS) is 12.0. The lowest BCUT2D eigenvalue weighted by Crippen LogP contribution is -2.02. The SMILES string of the molecule is CCOP(=O)(OCC)Oc1ccc(Sc2ccc(OP(=O)(OCC)OCC)cc2)cc1. The molecule has 0 spiro atoms. The molecule has 0 amide bonds. The van der Waals surface area contributed by atoms with Gasteiger partial charge in [0.15, 0.2) is 0 Å². The van der Waals surface area contributed by atoms with Gasteiger partial charge in [0.25, 0.3) is 0 Å². The topological polar surface area (TPSA) is 89.5 Å². The fraction of sp³-hybridized carbons (Fsp3) is 0.400. The molecule has 0 radical (unpaired) electrons. The zero-order chi connectivity index (χ0) is 22.7. The van der Waals surface area contributed by atoms with E-state index < -0.39 is 15.6 Å². The Hall–Kier alpha value is -1.31. The summed E-state index contributed by atoms with van der Waals surface area (Å²) in [5.41, 5.74) is 0. The van der Waals surface area contributed by atoms with Gasteiger partial charge in [0.05, 0.1) is 26.4 Å². The van der Waals surface area contributed by atoms with E-state index in [0.717, 1.165) is 9.79 Å². The van der Waals surface area contributed by atoms with Crippen molar-refractivity contribution in [3.05, 3.63) is 48.5 Å². The molecule has 31 heavy (non-hydrogen) atoms. The van der Waals surface area contributed by atoms with E-state index >= 15 is 0 Å². The number of hydrogen-bond donors (Lipinski definition) is 0. The predicted molar refractivity (Wildman–Crippen MR) is 120 cm³/mol. The van der Waals surface area contributed by atoms with Gasteiger partial charge >= 0.3 is 15.6 Å². The summed E-state index contributed by atoms with van der Waals surface area (Å²) in [4.78, 5) is 1.89. The van der Waals surface area contributed by atoms with Crippen molar-refractivity contribution < 1.29 is 36.3 Å². The molecule has 0 aliphatic carbocycles. The van der Waals surface area contributed by atoms with Crippen molar-refractivity contribution in [2.24, 2.45) is 0 Å². The first kappa shape index (κ1) is 25.9. The number of phosphoric ester groups is 2. The van der Waals surface area contributed by atoms with Crippen LogP contribution in [0.1, 0.15) is 27.7 Å². The maximum atomic E-state index is 12.4. The molecule has 0 heterocycles. The van der Waals surface area contributed by atoms with Crippen molar-refractivity contribution in [1.29, 1.82) is 0 Å². The Bertz CT molecular complexity index is 796. The highest BCUT2D eigenvalue weighted by Crippen LogP contribution is 2.50. The second-order valence-electron chi connectivity index (χ2n) is 5.79. The molecule has 0 fully saturated rings. The molecule has 2 rings (SSSR count). The fourth-order valence-electron chi connectivity index (χ4n) is 2.34. The summed E-state index contributed by atoms with van der Waals surface area (Å²) < 4.78 is 56.3. The molecule has 11 heteroatoms. The molecule has 0 saturated heterocycles. The Morgan fingerprint density at radius 2 is 0.871 bits per heavy atom. The minimum absolute atomic E-state index is 0.218. The Kier molecular flexibility index (Phi) is 10.6. The number of benzene rings is 2. The van der Waals surface area contributed by atoms with Gasteiger partial charge in [0.2, 0.25) is 0 Å². The molecule has 0 aromatic heterocycles. The zero-order valence-electron chi connectivity index (χ0n) is 18.0. The van der Waals surface area contributed by atoms with E-state index in [1.165, 1.54) is 11.8 Å². The van der Waals surface area contributed by atoms with Crippen LogP contribution in [0.3, 0.4) is 0 Å². The summed E-state index contributed by atoms with van der Waals surface area (Å²) in [6.07, 6.45) is 0. The van der Waals surface area contributed by atoms with Crippen LogP contribution in [0.5, 0.6) is 11.5 Å². The zero-order valence-corrected chi connectivity index (χ0v) is 20.6. The first-order valence-electron chi connectivity index (χ1n) is 9.90. The first-order valence-corrected chi connectivity index (χ1v) is 13.6. The number of hydrogen-bond acceptors (Lipinski definition) is 9. The van der Waals surface area contributed by atoms with E-state index in [-0.39, 0.29) is 26.4 Å². The van der Waals surface area contributed by atoms with Crippen molar-refractivity contribution in [3.8, 4) is 11.5 Å². The maximum absolute atomic E-state index is 12.4. The van der Waals surface area contributed by atoms with Crippen molar-refractivity contribution in [3.63, 3.8) is 0 Å². The van der Waals surface area contributed by atoms with Gasteiger partial charge in [-0.2, -0.15) is 0 Å². The summed E-state index contributed by atoms with van der Waals surface area (Å²) in [6.45, 7) is 7.75. The summed E-state index contributed by atoms with van der Waals surface area (Å²) in [7, 11) is -7.24. The average molecular weight is 490 g/mol. The average Bonchev–Trinajstić information content (AvgIpc) is 2.71. The smallest absolute Gasteiger partial charge is 0.404 e. The third-order valence-electron chi connectivity index (χ3n) is 3.47. The summed E-state index contributed by atoms with van der Waals surface area (Å²) in [6, 6.07) is 14.2. The summed E-state index contributed by atoms with van der Waals surface area (Å²) in [5.74, 6) is 0.780. The van der Waals surface area contributed by atoms with E-state index in [1.54, 1.807) is 52.0 Å². The van der Waals surface area contributed by atoms with Gasteiger partial charge < -0.3 is 9.05 Å². The molecule has 2 aromatic rings. The maximum Gasteiger partial charge on any atom is 0.530 e. The van der Waals surface area contributed by atoms with Gasteiger partial charge in [-0.3, -0.25) is 18.1 Å². The second kappa shape index (κ2) is 12.7. The molecule has 0 aliphatic heterocycles. The third-order valence-corrected chi connectivity index (χ3v) is 7.65. The van der Waals surface area contributed by atoms with Gasteiger partial charge in [-0.1, -0.05) is 11.8 Å². The largest absolute Gasteiger partial charge is 0.530 e. The molecule has 172 valence electrons. The minimum atomic E-state index is -3.62. The molecule has 0 unspecified atom stereocenters. The van der Waals surface area contributed by atoms with Crippen LogP contribution in [-0.4, -0.2) is 26.4 Å². The molecular formula is C20H28O8P2S. The van der Waals surface area contributed by atoms with Gasteiger partial charge in [0, 0.05) is 9.79 Å². The first-order chi connectivity index (χ1) is 14.8. The molecule has 2 aromatic carbocycles. The monoisotopic (exact) mass is 490 g/mol. The van der Waals surface area contributed by atoms with Crippen LogP contribution in [0.15, 0.2) is 58.3 Å². The van der Waals surface area contributed by atoms with Crippen LogP contribution in [0, 0.1) is 0 Å². The predicted octanol–water partition coefficient (Wildman–Crippen LogP) is 6.96. The standard InChI is InChI=1S/C20H28O8P2S/c1-5-23-29(21,24-6-2)27-17-9-13-19(14-10-17)31-20-15-11-18(12-16-20)28-30(22,25-7-3)26-8-4/h9-16H,5-8H2,1-4H3. The van der Waals surface area contributed by atoms with Crippen molar-refractivity contribution in [2.45, 2.75) is 37.5 Å². The Balaban J connectivity index is 2.00. The van der Waals surface area contributed by atoms with Gasteiger partial charge in [0.1, 0.15) is 11.5 Å². The molecule has 8 nitrogen and oxygen atoms in total. The lowest BCUT2D eigenvalue weighted by Gasteiger charge is -2.17. The lowest BCUT2D eigenvalue weighted by atomic mass is 10.3. The molecular weight excluding hydrogens is 462 g/mol. The van der Waals surface area contributed by atoms with Gasteiger partial charge in [-0.05, 0) is 76.2 Å². The quantitative estimate of drug-likeness (QED) is 0.261. The van der Waals surface area contributed by atoms with Crippen LogP contribution in [0.4, 0.5) is 0 Å². The van der Waals surface area contributed by atoms with Crippen molar-refractivity contribution in [2.75, 3.05) is 26.4 Å². The highest BCUT2D eigenvalue weighted by molar-refractivity contribution is 7.99.